The molecule has 1 rings (SSSR count). The lowest BCUT2D eigenvalue weighted by Crippen LogP contribution is -2.24. The highest BCUT2D eigenvalue weighted by Gasteiger charge is 2.17. The Bertz CT molecular complexity index is 1180. The van der Waals surface area contributed by atoms with E-state index < -0.39 is 23.9 Å². The number of hydrogen-bond donors (Lipinski definition) is 3. The van der Waals surface area contributed by atoms with Crippen molar-refractivity contribution in [2.45, 2.75) is 90.6 Å². The van der Waals surface area contributed by atoms with Crippen LogP contribution in [-0.2, 0) is 14.3 Å². The van der Waals surface area contributed by atoms with Crippen LogP contribution in [0, 0.1) is 0 Å². The highest BCUT2D eigenvalue weighted by atomic mass is 16.5. The van der Waals surface area contributed by atoms with Gasteiger partial charge < -0.3 is 19.7 Å². The van der Waals surface area contributed by atoms with Crippen LogP contribution in [-0.4, -0.2) is 47.4 Å². The molecule has 1 amide bonds. The summed E-state index contributed by atoms with van der Waals surface area (Å²) in [6.45, 7) is 4.57. The average Bonchev–Trinajstić information content (AvgIpc) is 3.02. The van der Waals surface area contributed by atoms with Crippen LogP contribution < -0.4 is 5.32 Å². The van der Waals surface area contributed by atoms with Gasteiger partial charge in [-0.25, -0.2) is 9.59 Å². The van der Waals surface area contributed by atoms with Crippen LogP contribution in [0.25, 0.3) is 0 Å². The number of ether oxygens (including phenoxy) is 2. The van der Waals surface area contributed by atoms with Crippen molar-refractivity contribution in [2.24, 2.45) is 0 Å². The molecule has 0 spiro atoms. The van der Waals surface area contributed by atoms with Gasteiger partial charge in [0.05, 0.1) is 6.61 Å². The van der Waals surface area contributed by atoms with Crippen molar-refractivity contribution in [1.29, 1.82) is 0 Å². The number of allylic oxidation sites excluding steroid dienone is 12. The third-order valence-corrected chi connectivity index (χ3v) is 6.43. The number of rotatable bonds is 24. The summed E-state index contributed by atoms with van der Waals surface area (Å²) < 4.78 is 10.9. The molecule has 246 valence electrons. The lowest BCUT2D eigenvalue weighted by molar-refractivity contribution is -0.131. The Morgan fingerprint density at radius 3 is 1.87 bits per heavy atom. The Labute approximate surface area is 268 Å². The second-order valence-corrected chi connectivity index (χ2v) is 10.2. The number of hydrogen-bond acceptors (Lipinski definition) is 6. The van der Waals surface area contributed by atoms with Gasteiger partial charge in [-0.3, -0.25) is 10.1 Å². The number of amides is 1. The molecular formula is C37H51NO7. The molecule has 0 bridgehead atoms. The van der Waals surface area contributed by atoms with Gasteiger partial charge in [-0.15, -0.1) is 0 Å². The number of aromatic hydroxyl groups is 1. The number of aromatic carboxylic acids is 1. The van der Waals surface area contributed by atoms with Crippen molar-refractivity contribution in [2.75, 3.05) is 18.5 Å². The number of Topliss-reactive ketones (excluding diaryl/α,β-unsaturated/α-hetero) is 1. The minimum absolute atomic E-state index is 0.0277. The SMILES string of the molecule is CC/C=C\C/C=C\C/C=C\C/C=C\C/C=C\C/C=C\CCCOC(CC)C(=O)CCCOC(=O)Nc1ccc(O)c(C(=O)O)c1. The van der Waals surface area contributed by atoms with E-state index in [1.54, 1.807) is 0 Å². The van der Waals surface area contributed by atoms with Crippen molar-refractivity contribution in [1.82, 2.24) is 0 Å². The molecule has 0 aliphatic heterocycles. The van der Waals surface area contributed by atoms with E-state index in [0.29, 0.717) is 19.4 Å². The first-order chi connectivity index (χ1) is 21.9. The normalized spacial score (nSPS) is 12.8. The summed E-state index contributed by atoms with van der Waals surface area (Å²) in [5.74, 6) is -1.74. The molecule has 8 heteroatoms. The number of phenols is 1. The van der Waals surface area contributed by atoms with Gasteiger partial charge >= 0.3 is 12.1 Å². The Balaban J connectivity index is 2.10. The number of carbonyl (C=O) groups is 3. The van der Waals surface area contributed by atoms with Crippen molar-refractivity contribution in [3.8, 4) is 5.75 Å². The largest absolute Gasteiger partial charge is 0.507 e. The van der Waals surface area contributed by atoms with E-state index in [1.165, 1.54) is 12.1 Å². The number of carboxylic acids is 1. The second kappa shape index (κ2) is 26.3. The summed E-state index contributed by atoms with van der Waals surface area (Å²) in [4.78, 5) is 35.5. The molecule has 0 aliphatic carbocycles. The van der Waals surface area contributed by atoms with Crippen LogP contribution in [0.2, 0.25) is 0 Å². The van der Waals surface area contributed by atoms with E-state index >= 15 is 0 Å². The molecule has 0 heterocycles. The average molecular weight is 622 g/mol. The fourth-order valence-corrected chi connectivity index (χ4v) is 4.02. The zero-order valence-corrected chi connectivity index (χ0v) is 26.9. The maximum atomic E-state index is 12.5. The molecule has 0 radical (unpaired) electrons. The topological polar surface area (TPSA) is 122 Å². The molecule has 3 N–H and O–H groups in total. The first kappa shape index (κ1) is 38.9. The van der Waals surface area contributed by atoms with E-state index in [0.717, 1.165) is 57.4 Å². The molecule has 1 aromatic carbocycles. The predicted molar refractivity (Wildman–Crippen MR) is 182 cm³/mol. The Morgan fingerprint density at radius 2 is 1.33 bits per heavy atom. The molecule has 0 saturated carbocycles. The zero-order chi connectivity index (χ0) is 33.0. The van der Waals surface area contributed by atoms with Gasteiger partial charge in [0.2, 0.25) is 0 Å². The monoisotopic (exact) mass is 621 g/mol. The van der Waals surface area contributed by atoms with Crippen molar-refractivity contribution >= 4 is 23.5 Å². The smallest absolute Gasteiger partial charge is 0.411 e. The Hall–Kier alpha value is -4.17. The summed E-state index contributed by atoms with van der Waals surface area (Å²) in [5, 5.41) is 21.0. The molecule has 0 aromatic heterocycles. The summed E-state index contributed by atoms with van der Waals surface area (Å²) >= 11 is 0. The molecular weight excluding hydrogens is 570 g/mol. The summed E-state index contributed by atoms with van der Waals surface area (Å²) in [6.07, 6.45) is 33.6. The van der Waals surface area contributed by atoms with Crippen molar-refractivity contribution in [3.63, 3.8) is 0 Å². The van der Waals surface area contributed by atoms with Crippen LogP contribution in [0.1, 0.15) is 94.8 Å². The Kier molecular flexibility index (Phi) is 22.7. The summed E-state index contributed by atoms with van der Waals surface area (Å²) in [5.41, 5.74) is -0.156. The van der Waals surface area contributed by atoms with Gasteiger partial charge in [-0.2, -0.15) is 0 Å². The second-order valence-electron chi connectivity index (χ2n) is 10.2. The van der Waals surface area contributed by atoms with Crippen molar-refractivity contribution < 1.29 is 34.1 Å². The molecule has 45 heavy (non-hydrogen) atoms. The van der Waals surface area contributed by atoms with Crippen LogP contribution in [0.5, 0.6) is 5.75 Å². The maximum absolute atomic E-state index is 12.5. The quantitative estimate of drug-likeness (QED) is 0.0597. The molecule has 0 fully saturated rings. The number of anilines is 1. The first-order valence-electron chi connectivity index (χ1n) is 15.9. The number of unbranched alkanes of at least 4 members (excludes halogenated alkanes) is 1. The fourth-order valence-electron chi connectivity index (χ4n) is 4.02. The molecule has 0 saturated heterocycles. The molecule has 8 nitrogen and oxygen atoms in total. The van der Waals surface area contributed by atoms with Crippen LogP contribution in [0.3, 0.4) is 0 Å². The number of nitrogens with one attached hydrogen (secondary N) is 1. The van der Waals surface area contributed by atoms with Crippen molar-refractivity contribution in [3.05, 3.63) is 96.7 Å². The lowest BCUT2D eigenvalue weighted by atomic mass is 10.1. The van der Waals surface area contributed by atoms with E-state index in [2.05, 4.69) is 85.2 Å². The lowest BCUT2D eigenvalue weighted by Gasteiger charge is -2.15. The third kappa shape index (κ3) is 20.4. The van der Waals surface area contributed by atoms with Gasteiger partial charge in [0.25, 0.3) is 0 Å². The number of carbonyl (C=O) groups excluding carboxylic acids is 2. The number of benzene rings is 1. The van der Waals surface area contributed by atoms with Crippen LogP contribution in [0.4, 0.5) is 10.5 Å². The van der Waals surface area contributed by atoms with Crippen LogP contribution in [0.15, 0.2) is 91.1 Å². The van der Waals surface area contributed by atoms with Gasteiger partial charge in [0, 0.05) is 18.7 Å². The van der Waals surface area contributed by atoms with Gasteiger partial charge in [-0.1, -0.05) is 86.8 Å². The van der Waals surface area contributed by atoms with E-state index in [4.69, 9.17) is 14.6 Å². The van der Waals surface area contributed by atoms with Gasteiger partial charge in [-0.05, 0) is 82.4 Å². The maximum Gasteiger partial charge on any atom is 0.411 e. The minimum Gasteiger partial charge on any atom is -0.507 e. The Morgan fingerprint density at radius 1 is 0.778 bits per heavy atom. The van der Waals surface area contributed by atoms with E-state index in [1.807, 2.05) is 6.92 Å². The van der Waals surface area contributed by atoms with Gasteiger partial charge in [0.15, 0.2) is 5.78 Å². The minimum atomic E-state index is -1.32. The zero-order valence-electron chi connectivity index (χ0n) is 26.9. The third-order valence-electron chi connectivity index (χ3n) is 6.43. The standard InChI is InChI=1S/C37H51NO7/c1-3-5-6-7-8-9-10-11-12-13-14-15-16-17-18-19-20-21-22-23-28-44-35(4-2)34(40)25-24-29-45-37(43)38-31-26-27-33(39)32(30-31)36(41)42/h5-6,8-9,11-12,14-15,17-18,20-21,26-27,30,35,39H,3-4,7,10,13,16,19,22-25,28-29H2,1-2H3,(H,38,43)(H,41,42)/b6-5-,9-8-,12-11-,15-14-,18-17-,21-20-. The molecule has 0 aliphatic rings. The highest BCUT2D eigenvalue weighted by Crippen LogP contribution is 2.21. The van der Waals surface area contributed by atoms with E-state index in [-0.39, 0.29) is 30.1 Å². The van der Waals surface area contributed by atoms with Gasteiger partial charge in [0.1, 0.15) is 17.4 Å². The van der Waals surface area contributed by atoms with E-state index in [9.17, 15) is 19.5 Å². The summed E-state index contributed by atoms with van der Waals surface area (Å²) in [6, 6.07) is 3.66. The first-order valence-corrected chi connectivity index (χ1v) is 15.9. The predicted octanol–water partition coefficient (Wildman–Crippen LogP) is 9.26. The summed E-state index contributed by atoms with van der Waals surface area (Å²) in [7, 11) is 0. The number of ketones is 1. The number of carboxylic acid groups (broad SMARTS) is 1. The fraction of sp³-hybridized carbons (Fsp3) is 0.432. The highest BCUT2D eigenvalue weighted by molar-refractivity contribution is 5.94. The molecule has 1 unspecified atom stereocenters. The molecule has 1 atom stereocenters. The van der Waals surface area contributed by atoms with Crippen LogP contribution >= 0.6 is 0 Å². The molecule has 1 aromatic rings.